The van der Waals surface area contributed by atoms with Crippen LogP contribution in [-0.4, -0.2) is 51.9 Å². The van der Waals surface area contributed by atoms with Crippen molar-refractivity contribution in [3.63, 3.8) is 0 Å². The van der Waals surface area contributed by atoms with Crippen LogP contribution >= 0.6 is 0 Å². The second kappa shape index (κ2) is 10.2. The molecule has 0 aromatic rings. The van der Waals surface area contributed by atoms with E-state index in [0.29, 0.717) is 36.3 Å². The summed E-state index contributed by atoms with van der Waals surface area (Å²) in [5.41, 5.74) is 0.645. The Kier molecular flexibility index (Phi) is 7.78. The molecule has 4 aliphatic rings. The van der Waals surface area contributed by atoms with E-state index in [0.717, 1.165) is 32.0 Å². The SMILES string of the molecule is CC(=O)O[C@H]1C[C@@]2(C)[C@@H](C[C@@H](O)[C@H]3[C@@]4(C)CC[C@@H](O)[C@@H](C)[C@@H]4CC[C@@]32C)/C1=C(\CC/C=C(\C)C=O)C(=O)O. The topological polar surface area (TPSA) is 121 Å². The van der Waals surface area contributed by atoms with Crippen LogP contribution in [0.5, 0.6) is 0 Å². The number of fused-ring (bicyclic) bond motifs is 5. The Labute approximate surface area is 226 Å². The van der Waals surface area contributed by atoms with Crippen LogP contribution in [0, 0.1) is 39.9 Å². The predicted molar refractivity (Wildman–Crippen MR) is 143 cm³/mol. The van der Waals surface area contributed by atoms with E-state index in [9.17, 15) is 29.7 Å². The summed E-state index contributed by atoms with van der Waals surface area (Å²) in [4.78, 5) is 35.9. The van der Waals surface area contributed by atoms with E-state index in [2.05, 4.69) is 27.7 Å². The molecular weight excluding hydrogens is 484 g/mol. The highest BCUT2D eigenvalue weighted by molar-refractivity contribution is 5.88. The number of carbonyl (C=O) groups is 3. The highest BCUT2D eigenvalue weighted by Crippen LogP contribution is 2.74. The van der Waals surface area contributed by atoms with E-state index in [-0.39, 0.29) is 52.1 Å². The number of aliphatic carboxylic acids is 1. The van der Waals surface area contributed by atoms with E-state index in [1.54, 1.807) is 13.0 Å². The first-order valence-corrected chi connectivity index (χ1v) is 14.3. The van der Waals surface area contributed by atoms with Gasteiger partial charge in [0.05, 0.1) is 12.2 Å². The molecule has 0 saturated heterocycles. The van der Waals surface area contributed by atoms with Gasteiger partial charge in [-0.1, -0.05) is 33.8 Å². The maximum atomic E-state index is 12.6. The second-order valence-electron chi connectivity index (χ2n) is 13.4. The fourth-order valence-electron chi connectivity index (χ4n) is 9.78. The number of carboxylic acids is 1. The zero-order valence-corrected chi connectivity index (χ0v) is 23.8. The van der Waals surface area contributed by atoms with E-state index in [4.69, 9.17) is 4.74 Å². The maximum Gasteiger partial charge on any atom is 0.331 e. The number of aliphatic hydroxyl groups is 2. The summed E-state index contributed by atoms with van der Waals surface area (Å²) >= 11 is 0. The van der Waals surface area contributed by atoms with Crippen LogP contribution in [-0.2, 0) is 19.1 Å². The summed E-state index contributed by atoms with van der Waals surface area (Å²) in [5.74, 6) is -1.20. The smallest absolute Gasteiger partial charge is 0.331 e. The van der Waals surface area contributed by atoms with Crippen LogP contribution in [0.3, 0.4) is 0 Å². The van der Waals surface area contributed by atoms with Gasteiger partial charge < -0.3 is 20.1 Å². The molecule has 0 aromatic carbocycles. The number of aliphatic hydroxyl groups excluding tert-OH is 2. The first-order valence-electron chi connectivity index (χ1n) is 14.3. The average Bonchev–Trinajstić information content (AvgIpc) is 3.10. The summed E-state index contributed by atoms with van der Waals surface area (Å²) in [5, 5.41) is 32.9. The number of hydrogen-bond donors (Lipinski definition) is 3. The summed E-state index contributed by atoms with van der Waals surface area (Å²) in [7, 11) is 0. The Morgan fingerprint density at radius 1 is 1.05 bits per heavy atom. The van der Waals surface area contributed by atoms with E-state index >= 15 is 0 Å². The van der Waals surface area contributed by atoms with E-state index < -0.39 is 24.1 Å². The number of hydrogen-bond acceptors (Lipinski definition) is 6. The minimum absolute atomic E-state index is 0.00808. The molecule has 10 atom stereocenters. The van der Waals surface area contributed by atoms with Crippen molar-refractivity contribution < 1.29 is 34.4 Å². The lowest BCUT2D eigenvalue weighted by Crippen LogP contribution is -2.65. The van der Waals surface area contributed by atoms with Gasteiger partial charge in [-0.2, -0.15) is 0 Å². The third-order valence-electron chi connectivity index (χ3n) is 11.7. The van der Waals surface area contributed by atoms with Gasteiger partial charge >= 0.3 is 11.9 Å². The van der Waals surface area contributed by atoms with Gasteiger partial charge in [0.1, 0.15) is 12.4 Å². The Balaban J connectivity index is 1.81. The van der Waals surface area contributed by atoms with Crippen LogP contribution < -0.4 is 0 Å². The number of aldehydes is 1. The van der Waals surface area contributed by atoms with Crippen LogP contribution in [0.4, 0.5) is 0 Å². The minimum Gasteiger partial charge on any atom is -0.478 e. The lowest BCUT2D eigenvalue weighted by molar-refractivity contribution is -0.234. The lowest BCUT2D eigenvalue weighted by atomic mass is 9.36. The standard InChI is InChI=1S/C31H46O7/c1-17(16-32)8-7-9-20(28(36)37)26-22-14-24(35)27-29(4)12-11-23(34)18(2)21(29)10-13-30(27,5)31(22,6)15-25(26)38-19(3)33/h8,16,18,21-25,27,34-35H,7,9-15H2,1-6H3,(H,36,37)/b17-8+,26-20-/t18-,21-,22-,23+,24+,25-,27-,29-,30-,31-/m0/s1. The molecule has 0 spiro atoms. The van der Waals surface area contributed by atoms with Crippen LogP contribution in [0.15, 0.2) is 22.8 Å². The molecule has 0 bridgehead atoms. The van der Waals surface area contributed by atoms with Crippen molar-refractivity contribution in [2.75, 3.05) is 0 Å². The normalized spacial score (nSPS) is 45.9. The number of allylic oxidation sites excluding steroid dienone is 2. The van der Waals surface area contributed by atoms with Gasteiger partial charge in [-0.05, 0) is 109 Å². The molecule has 7 nitrogen and oxygen atoms in total. The van der Waals surface area contributed by atoms with Crippen molar-refractivity contribution in [3.8, 4) is 0 Å². The van der Waals surface area contributed by atoms with Gasteiger partial charge in [0.2, 0.25) is 0 Å². The predicted octanol–water partition coefficient (Wildman–Crippen LogP) is 4.85. The van der Waals surface area contributed by atoms with Gasteiger partial charge in [0.15, 0.2) is 0 Å². The largest absolute Gasteiger partial charge is 0.478 e. The third kappa shape index (κ3) is 4.38. The second-order valence-corrected chi connectivity index (χ2v) is 13.4. The molecule has 3 N–H and O–H groups in total. The average molecular weight is 531 g/mol. The molecule has 4 aliphatic carbocycles. The number of esters is 1. The van der Waals surface area contributed by atoms with Gasteiger partial charge in [0, 0.05) is 12.5 Å². The number of carboxylic acid groups (broad SMARTS) is 1. The van der Waals surface area contributed by atoms with Crippen LogP contribution in [0.2, 0.25) is 0 Å². The molecule has 38 heavy (non-hydrogen) atoms. The van der Waals surface area contributed by atoms with Crippen LogP contribution in [0.25, 0.3) is 0 Å². The van der Waals surface area contributed by atoms with Crippen molar-refractivity contribution >= 4 is 18.2 Å². The summed E-state index contributed by atoms with van der Waals surface area (Å²) < 4.78 is 5.84. The van der Waals surface area contributed by atoms with Crippen molar-refractivity contribution in [3.05, 3.63) is 22.8 Å². The fraction of sp³-hybridized carbons (Fsp3) is 0.774. The lowest BCUT2D eigenvalue weighted by Gasteiger charge is -2.69. The number of rotatable bonds is 6. The first-order chi connectivity index (χ1) is 17.7. The Morgan fingerprint density at radius 3 is 2.34 bits per heavy atom. The zero-order valence-electron chi connectivity index (χ0n) is 23.8. The summed E-state index contributed by atoms with van der Waals surface area (Å²) in [6.45, 7) is 12.0. The van der Waals surface area contributed by atoms with Crippen LogP contribution in [0.1, 0.15) is 92.9 Å². The van der Waals surface area contributed by atoms with Gasteiger partial charge in [0.25, 0.3) is 0 Å². The number of ether oxygens (including phenoxy) is 1. The van der Waals surface area contributed by atoms with Crippen molar-refractivity contribution in [2.45, 2.75) is 111 Å². The Bertz CT molecular complexity index is 1040. The molecule has 0 aromatic heterocycles. The Hall–Kier alpha value is -1.99. The summed E-state index contributed by atoms with van der Waals surface area (Å²) in [6, 6.07) is 0. The van der Waals surface area contributed by atoms with E-state index in [1.807, 2.05) is 0 Å². The zero-order chi connectivity index (χ0) is 28.2. The van der Waals surface area contributed by atoms with Crippen molar-refractivity contribution in [1.29, 1.82) is 0 Å². The molecule has 0 unspecified atom stereocenters. The fourth-order valence-corrected chi connectivity index (χ4v) is 9.78. The highest BCUT2D eigenvalue weighted by atomic mass is 16.5. The first kappa shape index (κ1) is 29.0. The summed E-state index contributed by atoms with van der Waals surface area (Å²) in [6.07, 6.45) is 5.92. The molecule has 0 heterocycles. The van der Waals surface area contributed by atoms with Gasteiger partial charge in [-0.3, -0.25) is 9.59 Å². The van der Waals surface area contributed by atoms with E-state index in [1.165, 1.54) is 6.92 Å². The molecule has 4 saturated carbocycles. The molecule has 0 amide bonds. The number of carbonyl (C=O) groups excluding carboxylic acids is 2. The van der Waals surface area contributed by atoms with Gasteiger partial charge in [-0.15, -0.1) is 0 Å². The monoisotopic (exact) mass is 530 g/mol. The molecule has 4 rings (SSSR count). The molecular formula is C31H46O7. The third-order valence-corrected chi connectivity index (χ3v) is 11.7. The quantitative estimate of drug-likeness (QED) is 0.255. The van der Waals surface area contributed by atoms with Crippen molar-refractivity contribution in [2.24, 2.45) is 39.9 Å². The molecule has 212 valence electrons. The minimum atomic E-state index is -1.04. The maximum absolute atomic E-state index is 12.6. The van der Waals surface area contributed by atoms with Crippen molar-refractivity contribution in [1.82, 2.24) is 0 Å². The van der Waals surface area contributed by atoms with Gasteiger partial charge in [-0.25, -0.2) is 4.79 Å². The molecule has 4 fully saturated rings. The Morgan fingerprint density at radius 2 is 1.74 bits per heavy atom. The molecule has 7 heteroatoms. The highest BCUT2D eigenvalue weighted by Gasteiger charge is 2.70. The molecule has 0 radical (unpaired) electrons. The molecule has 0 aliphatic heterocycles.